The number of benzene rings is 2. The van der Waals surface area contributed by atoms with E-state index in [1.807, 2.05) is 0 Å². The summed E-state index contributed by atoms with van der Waals surface area (Å²) in [5.41, 5.74) is -0.496. The van der Waals surface area contributed by atoms with Crippen molar-refractivity contribution < 1.29 is 33.4 Å². The fourth-order valence-corrected chi connectivity index (χ4v) is 3.29. The summed E-state index contributed by atoms with van der Waals surface area (Å²) >= 11 is 5.93. The van der Waals surface area contributed by atoms with Crippen LogP contribution in [0.3, 0.4) is 0 Å². The molecule has 0 saturated carbocycles. The zero-order valence-electron chi connectivity index (χ0n) is 16.4. The molecule has 0 saturated heterocycles. The van der Waals surface area contributed by atoms with Crippen molar-refractivity contribution in [3.63, 3.8) is 0 Å². The van der Waals surface area contributed by atoms with Crippen molar-refractivity contribution in [3.8, 4) is 0 Å². The van der Waals surface area contributed by atoms with Gasteiger partial charge in [-0.05, 0) is 42.8 Å². The predicted molar refractivity (Wildman–Crippen MR) is 107 cm³/mol. The van der Waals surface area contributed by atoms with E-state index in [-0.39, 0.29) is 28.8 Å². The van der Waals surface area contributed by atoms with Gasteiger partial charge in [0.2, 0.25) is 0 Å². The standard InChI is InChI=1S/C21H18ClNO7/c1-21(10-12-4-6-13(22)9-15(12)19(26)30-21)20(27)23-16-8-11(17(24)28-2)5-7-14(16)18(25)29-3/h4-9H,10H2,1-3H3,(H,23,27). The Bertz CT molecular complexity index is 1070. The van der Waals surface area contributed by atoms with E-state index in [1.54, 1.807) is 12.1 Å². The predicted octanol–water partition coefficient (Wildman–Crippen LogP) is 3.02. The van der Waals surface area contributed by atoms with Crippen LogP contribution in [0, 0.1) is 0 Å². The van der Waals surface area contributed by atoms with E-state index in [4.69, 9.17) is 21.1 Å². The summed E-state index contributed by atoms with van der Waals surface area (Å²) < 4.78 is 14.8. The Labute approximate surface area is 177 Å². The molecule has 0 bridgehead atoms. The van der Waals surface area contributed by atoms with Crippen molar-refractivity contribution in [3.05, 3.63) is 63.7 Å². The molecule has 3 rings (SSSR count). The van der Waals surface area contributed by atoms with Crippen LogP contribution in [0.4, 0.5) is 5.69 Å². The third kappa shape index (κ3) is 3.99. The lowest BCUT2D eigenvalue weighted by Crippen LogP contribution is -2.49. The van der Waals surface area contributed by atoms with Gasteiger partial charge < -0.3 is 19.5 Å². The smallest absolute Gasteiger partial charge is 0.339 e. The molecule has 156 valence electrons. The topological polar surface area (TPSA) is 108 Å². The van der Waals surface area contributed by atoms with Crippen molar-refractivity contribution in [1.82, 2.24) is 0 Å². The first-order chi connectivity index (χ1) is 14.2. The van der Waals surface area contributed by atoms with Gasteiger partial charge in [0.1, 0.15) is 0 Å². The maximum absolute atomic E-state index is 13.0. The van der Waals surface area contributed by atoms with E-state index in [0.29, 0.717) is 10.6 Å². The number of fused-ring (bicyclic) bond motifs is 1. The number of nitrogens with one attached hydrogen (secondary N) is 1. The summed E-state index contributed by atoms with van der Waals surface area (Å²) in [5.74, 6) is -2.73. The van der Waals surface area contributed by atoms with Crippen molar-refractivity contribution >= 4 is 41.1 Å². The summed E-state index contributed by atoms with van der Waals surface area (Å²) in [6, 6.07) is 8.74. The molecule has 1 N–H and O–H groups in total. The number of ether oxygens (including phenoxy) is 3. The van der Waals surface area contributed by atoms with Gasteiger partial charge in [-0.3, -0.25) is 4.79 Å². The number of hydrogen-bond acceptors (Lipinski definition) is 7. The molecule has 0 radical (unpaired) electrons. The van der Waals surface area contributed by atoms with Crippen LogP contribution in [-0.2, 0) is 25.4 Å². The van der Waals surface area contributed by atoms with Crippen molar-refractivity contribution in [1.29, 1.82) is 0 Å². The van der Waals surface area contributed by atoms with Crippen LogP contribution in [0.5, 0.6) is 0 Å². The van der Waals surface area contributed by atoms with Gasteiger partial charge >= 0.3 is 17.9 Å². The first-order valence-electron chi connectivity index (χ1n) is 8.82. The highest BCUT2D eigenvalue weighted by molar-refractivity contribution is 6.31. The number of halogens is 1. The third-order valence-corrected chi connectivity index (χ3v) is 4.95. The average molecular weight is 432 g/mol. The largest absolute Gasteiger partial charge is 0.465 e. The van der Waals surface area contributed by atoms with E-state index in [9.17, 15) is 19.2 Å². The molecule has 0 aliphatic carbocycles. The van der Waals surface area contributed by atoms with Gasteiger partial charge in [-0.25, -0.2) is 14.4 Å². The molecule has 9 heteroatoms. The Morgan fingerprint density at radius 1 is 1.07 bits per heavy atom. The van der Waals surface area contributed by atoms with Gasteiger partial charge in [-0.1, -0.05) is 17.7 Å². The summed E-state index contributed by atoms with van der Waals surface area (Å²) in [5, 5.41) is 2.94. The van der Waals surface area contributed by atoms with Gasteiger partial charge in [0.05, 0.1) is 36.6 Å². The molecular weight excluding hydrogens is 414 g/mol. The van der Waals surface area contributed by atoms with Gasteiger partial charge in [0.25, 0.3) is 5.91 Å². The maximum atomic E-state index is 13.0. The zero-order chi connectivity index (χ0) is 22.1. The number of esters is 3. The lowest BCUT2D eigenvalue weighted by atomic mass is 9.89. The maximum Gasteiger partial charge on any atom is 0.339 e. The van der Waals surface area contributed by atoms with E-state index in [1.165, 1.54) is 45.4 Å². The van der Waals surface area contributed by atoms with Crippen LogP contribution in [0.2, 0.25) is 5.02 Å². The molecular formula is C21H18ClNO7. The summed E-state index contributed by atoms with van der Waals surface area (Å²) in [6.07, 6.45) is 0.0985. The van der Waals surface area contributed by atoms with Gasteiger partial charge in [-0.2, -0.15) is 0 Å². The van der Waals surface area contributed by atoms with Crippen molar-refractivity contribution in [2.24, 2.45) is 0 Å². The quantitative estimate of drug-likeness (QED) is 0.585. The second kappa shape index (κ2) is 8.16. The molecule has 0 spiro atoms. The summed E-state index contributed by atoms with van der Waals surface area (Å²) in [4.78, 5) is 49.4. The molecule has 2 aromatic rings. The third-order valence-electron chi connectivity index (χ3n) is 4.71. The van der Waals surface area contributed by atoms with Crippen LogP contribution in [0.1, 0.15) is 43.6 Å². The highest BCUT2D eigenvalue weighted by Crippen LogP contribution is 2.31. The van der Waals surface area contributed by atoms with Crippen LogP contribution in [-0.4, -0.2) is 43.6 Å². The first kappa shape index (κ1) is 21.3. The second-order valence-corrected chi connectivity index (χ2v) is 7.23. The Morgan fingerprint density at radius 2 is 1.77 bits per heavy atom. The average Bonchev–Trinajstić information content (AvgIpc) is 2.73. The SMILES string of the molecule is COC(=O)c1ccc(C(=O)OC)c(NC(=O)C2(C)Cc3ccc(Cl)cc3C(=O)O2)c1. The lowest BCUT2D eigenvalue weighted by Gasteiger charge is -2.33. The number of amides is 1. The number of cyclic esters (lactones) is 1. The van der Waals surface area contributed by atoms with Crippen LogP contribution in [0.25, 0.3) is 0 Å². The highest BCUT2D eigenvalue weighted by Gasteiger charge is 2.43. The Balaban J connectivity index is 1.94. The molecule has 1 aliphatic rings. The fraction of sp³-hybridized carbons (Fsp3) is 0.238. The minimum Gasteiger partial charge on any atom is -0.465 e. The number of rotatable bonds is 4. The minimum atomic E-state index is -1.55. The molecule has 2 aromatic carbocycles. The molecule has 0 aromatic heterocycles. The van der Waals surface area contributed by atoms with E-state index in [2.05, 4.69) is 10.1 Å². The monoisotopic (exact) mass is 431 g/mol. The number of anilines is 1. The molecule has 0 fully saturated rings. The Morgan fingerprint density at radius 3 is 2.43 bits per heavy atom. The summed E-state index contributed by atoms with van der Waals surface area (Å²) in [6.45, 7) is 1.46. The van der Waals surface area contributed by atoms with Gasteiger partial charge in [0, 0.05) is 11.4 Å². The number of carbonyl (C=O) groups is 4. The fourth-order valence-electron chi connectivity index (χ4n) is 3.11. The molecule has 30 heavy (non-hydrogen) atoms. The molecule has 1 unspecified atom stereocenters. The molecule has 8 nitrogen and oxygen atoms in total. The van der Waals surface area contributed by atoms with E-state index >= 15 is 0 Å². The summed E-state index contributed by atoms with van der Waals surface area (Å²) in [7, 11) is 2.40. The lowest BCUT2D eigenvalue weighted by molar-refractivity contribution is -0.134. The van der Waals surface area contributed by atoms with Crippen LogP contribution < -0.4 is 5.32 Å². The first-order valence-corrected chi connectivity index (χ1v) is 9.20. The van der Waals surface area contributed by atoms with Crippen molar-refractivity contribution in [2.75, 3.05) is 19.5 Å². The molecule has 1 amide bonds. The van der Waals surface area contributed by atoms with Gasteiger partial charge in [-0.15, -0.1) is 0 Å². The van der Waals surface area contributed by atoms with E-state index in [0.717, 1.165) is 0 Å². The molecule has 1 atom stereocenters. The molecule has 1 heterocycles. The van der Waals surface area contributed by atoms with E-state index < -0.39 is 29.4 Å². The Hall–Kier alpha value is -3.39. The van der Waals surface area contributed by atoms with Crippen LogP contribution in [0.15, 0.2) is 36.4 Å². The number of hydrogen-bond donors (Lipinski definition) is 1. The Kier molecular flexibility index (Phi) is 5.80. The minimum absolute atomic E-state index is 0.0222. The van der Waals surface area contributed by atoms with Crippen molar-refractivity contribution in [2.45, 2.75) is 18.9 Å². The number of methoxy groups -OCH3 is 2. The number of carbonyl (C=O) groups excluding carboxylic acids is 4. The van der Waals surface area contributed by atoms with Gasteiger partial charge in [0.15, 0.2) is 5.60 Å². The second-order valence-electron chi connectivity index (χ2n) is 6.80. The normalized spacial score (nSPS) is 17.4. The highest BCUT2D eigenvalue weighted by atomic mass is 35.5. The van der Waals surface area contributed by atoms with Crippen LogP contribution >= 0.6 is 11.6 Å². The zero-order valence-corrected chi connectivity index (χ0v) is 17.2. The molecule has 1 aliphatic heterocycles.